The Kier molecular flexibility index (Phi) is 5.04. The average Bonchev–Trinajstić information content (AvgIpc) is 3.39. The molecule has 0 spiro atoms. The van der Waals surface area contributed by atoms with Gasteiger partial charge in [0.1, 0.15) is 6.10 Å². The number of nitrogens with zero attached hydrogens (tertiary/aromatic N) is 4. The molecular formula is C20H27N5O. The second kappa shape index (κ2) is 7.60. The van der Waals surface area contributed by atoms with E-state index >= 15 is 0 Å². The number of nitrogens with one attached hydrogen (secondary N) is 1. The Morgan fingerprint density at radius 1 is 1.15 bits per heavy atom. The first kappa shape index (κ1) is 17.2. The normalized spacial score (nSPS) is 20.2. The number of para-hydroxylation sites is 1. The Morgan fingerprint density at radius 2 is 2.00 bits per heavy atom. The number of rotatable bonds is 7. The third kappa shape index (κ3) is 3.15. The maximum atomic E-state index is 6.03. The van der Waals surface area contributed by atoms with Crippen molar-refractivity contribution < 1.29 is 4.74 Å². The maximum Gasteiger partial charge on any atom is 0.103 e. The molecule has 1 saturated heterocycles. The van der Waals surface area contributed by atoms with Crippen molar-refractivity contribution in [3.8, 4) is 0 Å². The SMILES string of the molecule is CCn1nccc1[C@@H]1OCC[C@H]1CNCc1nn(CC)c2ccccc12. The number of hydrogen-bond acceptors (Lipinski definition) is 4. The molecule has 138 valence electrons. The molecule has 6 heteroatoms. The molecule has 1 aliphatic rings. The highest BCUT2D eigenvalue weighted by Gasteiger charge is 2.31. The summed E-state index contributed by atoms with van der Waals surface area (Å²) in [5, 5.41) is 14.0. The Hall–Kier alpha value is -2.18. The van der Waals surface area contributed by atoms with Crippen molar-refractivity contribution in [2.75, 3.05) is 13.2 Å². The van der Waals surface area contributed by atoms with Gasteiger partial charge < -0.3 is 10.1 Å². The van der Waals surface area contributed by atoms with Gasteiger partial charge in [-0.3, -0.25) is 9.36 Å². The molecule has 0 bridgehead atoms. The second-order valence-corrected chi connectivity index (χ2v) is 6.82. The van der Waals surface area contributed by atoms with Gasteiger partial charge in [-0.1, -0.05) is 18.2 Å². The summed E-state index contributed by atoms with van der Waals surface area (Å²) in [7, 11) is 0. The van der Waals surface area contributed by atoms with Gasteiger partial charge in [0.15, 0.2) is 0 Å². The van der Waals surface area contributed by atoms with Crippen molar-refractivity contribution >= 4 is 10.9 Å². The number of aryl methyl sites for hydroxylation is 2. The second-order valence-electron chi connectivity index (χ2n) is 6.82. The predicted octanol–water partition coefficient (Wildman–Crippen LogP) is 3.14. The lowest BCUT2D eigenvalue weighted by atomic mass is 9.99. The number of hydrogen-bond donors (Lipinski definition) is 1. The highest BCUT2D eigenvalue weighted by atomic mass is 16.5. The summed E-state index contributed by atoms with van der Waals surface area (Å²) in [6, 6.07) is 10.5. The predicted molar refractivity (Wildman–Crippen MR) is 102 cm³/mol. The average molecular weight is 353 g/mol. The summed E-state index contributed by atoms with van der Waals surface area (Å²) in [6.45, 7) is 8.54. The van der Waals surface area contributed by atoms with E-state index in [1.165, 1.54) is 16.6 Å². The molecule has 2 atom stereocenters. The minimum Gasteiger partial charge on any atom is -0.372 e. The lowest BCUT2D eigenvalue weighted by Gasteiger charge is -2.19. The maximum absolute atomic E-state index is 6.03. The van der Waals surface area contributed by atoms with Crippen molar-refractivity contribution in [3.05, 3.63) is 47.9 Å². The molecule has 26 heavy (non-hydrogen) atoms. The zero-order chi connectivity index (χ0) is 17.9. The van der Waals surface area contributed by atoms with Crippen molar-refractivity contribution in [2.45, 2.75) is 46.0 Å². The molecule has 3 aromatic rings. The monoisotopic (exact) mass is 353 g/mol. The first-order chi connectivity index (χ1) is 12.8. The highest BCUT2D eigenvalue weighted by Crippen LogP contribution is 2.34. The van der Waals surface area contributed by atoms with E-state index in [0.717, 1.165) is 44.9 Å². The number of benzene rings is 1. The quantitative estimate of drug-likeness (QED) is 0.709. The van der Waals surface area contributed by atoms with E-state index < -0.39 is 0 Å². The van der Waals surface area contributed by atoms with Crippen molar-refractivity contribution in [1.29, 1.82) is 0 Å². The topological polar surface area (TPSA) is 56.9 Å². The zero-order valence-corrected chi connectivity index (χ0v) is 15.6. The molecular weight excluding hydrogens is 326 g/mol. The summed E-state index contributed by atoms with van der Waals surface area (Å²) in [6.07, 6.45) is 3.08. The molecule has 0 saturated carbocycles. The minimum atomic E-state index is 0.134. The molecule has 1 aromatic carbocycles. The molecule has 0 aliphatic carbocycles. The van der Waals surface area contributed by atoms with Gasteiger partial charge in [-0.05, 0) is 32.4 Å². The van der Waals surface area contributed by atoms with E-state index in [4.69, 9.17) is 9.84 Å². The largest absolute Gasteiger partial charge is 0.372 e. The summed E-state index contributed by atoms with van der Waals surface area (Å²) in [5.41, 5.74) is 3.52. The van der Waals surface area contributed by atoms with Gasteiger partial charge >= 0.3 is 0 Å². The molecule has 0 amide bonds. The van der Waals surface area contributed by atoms with E-state index in [9.17, 15) is 0 Å². The fourth-order valence-electron chi connectivity index (χ4n) is 3.96. The van der Waals surface area contributed by atoms with E-state index in [2.05, 4.69) is 59.3 Å². The summed E-state index contributed by atoms with van der Waals surface area (Å²) < 4.78 is 10.1. The third-order valence-electron chi connectivity index (χ3n) is 5.29. The lowest BCUT2D eigenvalue weighted by molar-refractivity contribution is 0.0830. The van der Waals surface area contributed by atoms with Crippen LogP contribution in [0.15, 0.2) is 36.5 Å². The molecule has 3 heterocycles. The van der Waals surface area contributed by atoms with E-state index in [1.807, 2.05) is 10.9 Å². The summed E-state index contributed by atoms with van der Waals surface area (Å²) in [4.78, 5) is 0. The standard InChI is InChI=1S/C20H27N5O/c1-3-24-19(9-11-22-24)20-15(10-12-26-20)13-21-14-17-16-7-5-6-8-18(16)25(4-2)23-17/h5-9,11,15,20-21H,3-4,10,12-14H2,1-2H3/t15-,20+/m0/s1. The van der Waals surface area contributed by atoms with Gasteiger partial charge in [-0.15, -0.1) is 0 Å². The van der Waals surface area contributed by atoms with Crippen LogP contribution in [0, 0.1) is 5.92 Å². The van der Waals surface area contributed by atoms with E-state index in [1.54, 1.807) is 0 Å². The molecule has 6 nitrogen and oxygen atoms in total. The van der Waals surface area contributed by atoms with Crippen LogP contribution in [-0.2, 0) is 24.4 Å². The summed E-state index contributed by atoms with van der Waals surface area (Å²) in [5.74, 6) is 0.469. The molecule has 2 aromatic heterocycles. The number of ether oxygens (including phenoxy) is 1. The lowest BCUT2D eigenvalue weighted by Crippen LogP contribution is -2.26. The van der Waals surface area contributed by atoms with Crippen LogP contribution in [0.4, 0.5) is 0 Å². The van der Waals surface area contributed by atoms with Gasteiger partial charge in [0, 0.05) is 50.3 Å². The fraction of sp³-hybridized carbons (Fsp3) is 0.500. The summed E-state index contributed by atoms with van der Waals surface area (Å²) >= 11 is 0. The van der Waals surface area contributed by atoms with Crippen molar-refractivity contribution in [3.63, 3.8) is 0 Å². The van der Waals surface area contributed by atoms with Crippen LogP contribution in [0.1, 0.15) is 37.8 Å². The van der Waals surface area contributed by atoms with Crippen LogP contribution in [0.2, 0.25) is 0 Å². The van der Waals surface area contributed by atoms with Crippen LogP contribution in [0.3, 0.4) is 0 Å². The van der Waals surface area contributed by atoms with Crippen molar-refractivity contribution in [1.82, 2.24) is 24.9 Å². The van der Waals surface area contributed by atoms with Crippen LogP contribution < -0.4 is 5.32 Å². The molecule has 0 radical (unpaired) electrons. The smallest absolute Gasteiger partial charge is 0.103 e. The van der Waals surface area contributed by atoms with Crippen LogP contribution in [0.25, 0.3) is 10.9 Å². The van der Waals surface area contributed by atoms with Crippen LogP contribution in [0.5, 0.6) is 0 Å². The molecule has 0 unspecified atom stereocenters. The first-order valence-electron chi connectivity index (χ1n) is 9.60. The Balaban J connectivity index is 1.43. The third-order valence-corrected chi connectivity index (χ3v) is 5.29. The van der Waals surface area contributed by atoms with Crippen LogP contribution >= 0.6 is 0 Å². The van der Waals surface area contributed by atoms with Crippen molar-refractivity contribution in [2.24, 2.45) is 5.92 Å². The van der Waals surface area contributed by atoms with Gasteiger partial charge in [0.25, 0.3) is 0 Å². The molecule has 4 rings (SSSR count). The number of fused-ring (bicyclic) bond motifs is 1. The van der Waals surface area contributed by atoms with Gasteiger partial charge in [-0.2, -0.15) is 10.2 Å². The van der Waals surface area contributed by atoms with Crippen LogP contribution in [-0.4, -0.2) is 32.7 Å². The Bertz CT molecular complexity index is 868. The zero-order valence-electron chi connectivity index (χ0n) is 15.6. The molecule has 1 aliphatic heterocycles. The molecule has 1 fully saturated rings. The number of aromatic nitrogens is 4. The van der Waals surface area contributed by atoms with Gasteiger partial charge in [-0.25, -0.2) is 0 Å². The molecule has 1 N–H and O–H groups in total. The van der Waals surface area contributed by atoms with Gasteiger partial charge in [0.2, 0.25) is 0 Å². The van der Waals surface area contributed by atoms with E-state index in [-0.39, 0.29) is 6.10 Å². The minimum absolute atomic E-state index is 0.134. The Labute approximate surface area is 154 Å². The van der Waals surface area contributed by atoms with Gasteiger partial charge in [0.05, 0.1) is 16.9 Å². The Morgan fingerprint density at radius 3 is 2.85 bits per heavy atom. The fourth-order valence-corrected chi connectivity index (χ4v) is 3.96. The van der Waals surface area contributed by atoms with E-state index in [0.29, 0.717) is 5.92 Å². The first-order valence-corrected chi connectivity index (χ1v) is 9.60. The highest BCUT2D eigenvalue weighted by molar-refractivity contribution is 5.81.